The molecule has 1 aliphatic heterocycles. The maximum atomic E-state index is 11.6. The number of carbonyl (C=O) groups is 1. The Hall–Kier alpha value is -3.27. The number of aliphatic carboxylic acids is 1. The molecule has 7 nitrogen and oxygen atoms in total. The first kappa shape index (κ1) is 26.8. The summed E-state index contributed by atoms with van der Waals surface area (Å²) < 4.78 is 36.0. The fourth-order valence-electron chi connectivity index (χ4n) is 4.49. The van der Waals surface area contributed by atoms with Crippen molar-refractivity contribution in [2.24, 2.45) is 0 Å². The normalized spacial score (nSPS) is 16.1. The topological polar surface area (TPSA) is 108 Å². The zero-order chi connectivity index (χ0) is 26.6. The van der Waals surface area contributed by atoms with Crippen LogP contribution in [-0.2, 0) is 26.9 Å². The number of thiazole rings is 1. The number of benzene rings is 2. The second-order valence-corrected chi connectivity index (χ2v) is 12.0. The number of rotatable bonds is 10. The van der Waals surface area contributed by atoms with E-state index in [9.17, 15) is 17.8 Å². The molecule has 0 aliphatic carbocycles. The smallest absolute Gasteiger partial charge is 0.303 e. The molecule has 0 atom stereocenters. The minimum absolute atomic E-state index is 0.112. The molecule has 2 heterocycles. The lowest BCUT2D eigenvalue weighted by Gasteiger charge is -2.20. The molecule has 3 aromatic rings. The Morgan fingerprint density at radius 1 is 1.08 bits per heavy atom. The minimum atomic E-state index is -4.26. The molecule has 0 saturated heterocycles. The lowest BCUT2D eigenvalue weighted by Crippen LogP contribution is -2.35. The first-order chi connectivity index (χ1) is 17.6. The van der Waals surface area contributed by atoms with E-state index in [1.807, 2.05) is 50.3 Å². The van der Waals surface area contributed by atoms with Gasteiger partial charge in [0.25, 0.3) is 15.1 Å². The predicted octanol–water partition coefficient (Wildman–Crippen LogP) is 5.94. The third-order valence-electron chi connectivity index (χ3n) is 6.54. The number of unbranched alkanes of at least 4 members (excludes halogenated alkanes) is 2. The molecule has 3 N–H and O–H groups in total. The highest BCUT2D eigenvalue weighted by Crippen LogP contribution is 2.44. The van der Waals surface area contributed by atoms with E-state index in [2.05, 4.69) is 28.1 Å². The van der Waals surface area contributed by atoms with E-state index in [-0.39, 0.29) is 11.3 Å². The van der Waals surface area contributed by atoms with Gasteiger partial charge in [-0.25, -0.2) is 0 Å². The Balaban J connectivity index is 1.48. The van der Waals surface area contributed by atoms with Crippen LogP contribution in [0.4, 0.5) is 5.69 Å². The van der Waals surface area contributed by atoms with Gasteiger partial charge in [0.15, 0.2) is 6.54 Å². The quantitative estimate of drug-likeness (QED) is 0.127. The van der Waals surface area contributed by atoms with Crippen molar-refractivity contribution < 1.29 is 27.4 Å². The van der Waals surface area contributed by atoms with Crippen molar-refractivity contribution in [1.82, 2.24) is 0 Å². The number of carboxylic acid groups (broad SMARTS) is 1. The number of para-hydroxylation sites is 1. The van der Waals surface area contributed by atoms with Crippen molar-refractivity contribution >= 4 is 49.4 Å². The van der Waals surface area contributed by atoms with E-state index in [1.54, 1.807) is 17.4 Å². The number of fused-ring (bicyclic) bond motifs is 2. The van der Waals surface area contributed by atoms with Gasteiger partial charge in [-0.2, -0.15) is 13.0 Å². The predicted molar refractivity (Wildman–Crippen MR) is 147 cm³/mol. The lowest BCUT2D eigenvalue weighted by atomic mass is 9.84. The maximum Gasteiger partial charge on any atom is 0.303 e. The highest BCUT2D eigenvalue weighted by molar-refractivity contribution is 7.85. The Morgan fingerprint density at radius 2 is 1.86 bits per heavy atom. The number of hydrogen-bond acceptors (Lipinski definition) is 5. The van der Waals surface area contributed by atoms with Crippen LogP contribution >= 0.6 is 11.3 Å². The van der Waals surface area contributed by atoms with Gasteiger partial charge in [-0.05, 0) is 48.7 Å². The van der Waals surface area contributed by atoms with Gasteiger partial charge in [-0.3, -0.25) is 9.35 Å². The third-order valence-corrected chi connectivity index (χ3v) is 8.52. The average molecular weight is 540 g/mol. The number of nitrogens with one attached hydrogen (secondary N) is 1. The number of anilines is 1. The summed E-state index contributed by atoms with van der Waals surface area (Å²) in [7, 11) is -4.26. The summed E-state index contributed by atoms with van der Waals surface area (Å²) >= 11 is 1.72. The van der Waals surface area contributed by atoms with Crippen molar-refractivity contribution in [2.45, 2.75) is 56.4 Å². The van der Waals surface area contributed by atoms with E-state index >= 15 is 0 Å². The summed E-state index contributed by atoms with van der Waals surface area (Å²) in [6.45, 7) is 4.84. The second kappa shape index (κ2) is 11.0. The summed E-state index contributed by atoms with van der Waals surface area (Å²) in [5, 5.41) is 13.3. The van der Waals surface area contributed by atoms with Gasteiger partial charge < -0.3 is 10.4 Å². The van der Waals surface area contributed by atoms with Crippen LogP contribution in [0.3, 0.4) is 0 Å². The monoisotopic (exact) mass is 539 g/mol. The Labute approximate surface area is 221 Å². The number of carboxylic acids is 1. The van der Waals surface area contributed by atoms with Crippen LogP contribution in [0.1, 0.15) is 50.1 Å². The molecule has 0 radical (unpaired) electrons. The molecular formula is C28H31N2O5S2+. The number of nitrogens with zero attached hydrogens (tertiary/aromatic N) is 1. The van der Waals surface area contributed by atoms with Crippen LogP contribution < -0.4 is 9.88 Å². The van der Waals surface area contributed by atoms with E-state index in [1.165, 1.54) is 22.3 Å². The average Bonchev–Trinajstić information content (AvgIpc) is 3.31. The SMILES string of the molecule is CC1(C)\C(=C/C=C/C=C/c2sc3ccccc3[n+]2CCCCCC(=O)O)Nc2ccc(S(=O)(=O)O)cc21. The molecular weight excluding hydrogens is 508 g/mol. The van der Waals surface area contributed by atoms with Gasteiger partial charge in [-0.1, -0.05) is 55.5 Å². The summed E-state index contributed by atoms with van der Waals surface area (Å²) in [4.78, 5) is 10.6. The first-order valence-electron chi connectivity index (χ1n) is 12.1. The molecule has 0 saturated carbocycles. The molecule has 194 valence electrons. The van der Waals surface area contributed by atoms with Gasteiger partial charge >= 0.3 is 5.97 Å². The molecule has 37 heavy (non-hydrogen) atoms. The fraction of sp³-hybridized carbons (Fsp3) is 0.286. The molecule has 4 rings (SSSR count). The maximum absolute atomic E-state index is 11.6. The van der Waals surface area contributed by atoms with E-state index in [0.717, 1.165) is 41.3 Å². The molecule has 0 amide bonds. The van der Waals surface area contributed by atoms with Gasteiger partial charge in [0.05, 0.1) is 4.90 Å². The molecule has 0 spiro atoms. The zero-order valence-corrected chi connectivity index (χ0v) is 22.5. The summed E-state index contributed by atoms with van der Waals surface area (Å²) in [5.74, 6) is -0.748. The van der Waals surface area contributed by atoms with E-state index < -0.39 is 21.5 Å². The molecule has 1 aliphatic rings. The number of hydrogen-bond donors (Lipinski definition) is 3. The van der Waals surface area contributed by atoms with Crippen LogP contribution in [-0.4, -0.2) is 24.0 Å². The van der Waals surface area contributed by atoms with Gasteiger partial charge in [0.2, 0.25) is 5.52 Å². The van der Waals surface area contributed by atoms with Gasteiger partial charge in [-0.15, -0.1) is 0 Å². The number of aryl methyl sites for hydroxylation is 1. The van der Waals surface area contributed by atoms with Crippen LogP contribution in [0.2, 0.25) is 0 Å². The zero-order valence-electron chi connectivity index (χ0n) is 20.8. The van der Waals surface area contributed by atoms with Crippen molar-refractivity contribution in [3.8, 4) is 0 Å². The molecule has 2 aromatic carbocycles. The fourth-order valence-corrected chi connectivity index (χ4v) is 6.10. The van der Waals surface area contributed by atoms with Crippen molar-refractivity contribution in [2.75, 3.05) is 5.32 Å². The number of allylic oxidation sites excluding steroid dienone is 5. The van der Waals surface area contributed by atoms with E-state index in [0.29, 0.717) is 6.42 Å². The molecule has 1 aromatic heterocycles. The molecule has 0 unspecified atom stereocenters. The highest BCUT2D eigenvalue weighted by atomic mass is 32.2. The summed E-state index contributed by atoms with van der Waals surface area (Å²) in [5.41, 5.74) is 3.29. The van der Waals surface area contributed by atoms with Gasteiger partial charge in [0, 0.05) is 41.8 Å². The van der Waals surface area contributed by atoms with Gasteiger partial charge in [0.1, 0.15) is 4.70 Å². The second-order valence-electron chi connectivity index (χ2n) is 9.52. The minimum Gasteiger partial charge on any atom is -0.481 e. The highest BCUT2D eigenvalue weighted by Gasteiger charge is 2.35. The van der Waals surface area contributed by atoms with Crippen LogP contribution in [0.25, 0.3) is 16.3 Å². The number of aromatic nitrogens is 1. The summed E-state index contributed by atoms with van der Waals surface area (Å²) in [6.07, 6.45) is 12.6. The molecule has 0 bridgehead atoms. The van der Waals surface area contributed by atoms with Crippen LogP contribution in [0.15, 0.2) is 77.4 Å². The standard InChI is InChI=1S/C28H30N2O5S2/c1-28(2)21-19-20(37(33,34)35)16-17-22(21)29-25(28)13-5-3-6-14-26-30(18-10-4-7-15-27(31)32)23-11-8-9-12-24(23)36-26/h3,5-6,8-9,11-14,16-17,19H,4,7,10,15,18H2,1-2H3,(H2,31,32,33,34,35)/p+1. The Kier molecular flexibility index (Phi) is 7.96. The molecule has 0 fully saturated rings. The van der Waals surface area contributed by atoms with Crippen LogP contribution in [0, 0.1) is 0 Å². The third kappa shape index (κ3) is 6.18. The van der Waals surface area contributed by atoms with Crippen molar-refractivity contribution in [3.05, 3.63) is 83.0 Å². The lowest BCUT2D eigenvalue weighted by molar-refractivity contribution is -0.669. The summed E-state index contributed by atoms with van der Waals surface area (Å²) in [6, 6.07) is 12.9. The van der Waals surface area contributed by atoms with Crippen LogP contribution in [0.5, 0.6) is 0 Å². The molecule has 9 heteroatoms. The first-order valence-corrected chi connectivity index (χ1v) is 14.4. The van der Waals surface area contributed by atoms with Crippen molar-refractivity contribution in [1.29, 1.82) is 0 Å². The Bertz CT molecular complexity index is 1510. The van der Waals surface area contributed by atoms with E-state index in [4.69, 9.17) is 5.11 Å². The van der Waals surface area contributed by atoms with Crippen molar-refractivity contribution in [3.63, 3.8) is 0 Å². The largest absolute Gasteiger partial charge is 0.481 e. The Morgan fingerprint density at radius 3 is 2.62 bits per heavy atom.